The Kier molecular flexibility index (Phi) is 2.74. The number of sulfonamides is 1. The van der Waals surface area contributed by atoms with Gasteiger partial charge < -0.3 is 0 Å². The molecule has 3 nitrogen and oxygen atoms in total. The van der Waals surface area contributed by atoms with Gasteiger partial charge in [0, 0.05) is 13.1 Å². The highest BCUT2D eigenvalue weighted by Crippen LogP contribution is 2.30. The molecule has 0 aliphatic carbocycles. The number of rotatable bonds is 1. The maximum absolute atomic E-state index is 11.4. The van der Waals surface area contributed by atoms with E-state index >= 15 is 0 Å². The van der Waals surface area contributed by atoms with Gasteiger partial charge >= 0.3 is 0 Å². The Labute approximate surface area is 81.2 Å². The van der Waals surface area contributed by atoms with E-state index in [-0.39, 0.29) is 11.5 Å². The third kappa shape index (κ3) is 2.68. The van der Waals surface area contributed by atoms with E-state index in [1.165, 1.54) is 4.31 Å². The van der Waals surface area contributed by atoms with Crippen molar-refractivity contribution in [3.8, 4) is 0 Å². The largest absolute Gasteiger partial charge is 0.214 e. The van der Waals surface area contributed by atoms with Gasteiger partial charge in [-0.15, -0.1) is 0 Å². The van der Waals surface area contributed by atoms with Crippen LogP contribution in [0, 0.1) is 5.41 Å². The first kappa shape index (κ1) is 11.0. The van der Waals surface area contributed by atoms with Gasteiger partial charge in [0.25, 0.3) is 0 Å². The monoisotopic (exact) mass is 205 g/mol. The van der Waals surface area contributed by atoms with Crippen LogP contribution in [0.2, 0.25) is 0 Å². The lowest BCUT2D eigenvalue weighted by molar-refractivity contribution is 0.265. The van der Waals surface area contributed by atoms with Crippen LogP contribution in [0.25, 0.3) is 0 Å². The molecule has 0 saturated carbocycles. The van der Waals surface area contributed by atoms with Crippen molar-refractivity contribution in [1.82, 2.24) is 4.31 Å². The topological polar surface area (TPSA) is 37.4 Å². The van der Waals surface area contributed by atoms with Crippen molar-refractivity contribution in [3.05, 3.63) is 0 Å². The smallest absolute Gasteiger partial charge is 0.212 e. The minimum Gasteiger partial charge on any atom is -0.212 e. The van der Waals surface area contributed by atoms with E-state index in [0.29, 0.717) is 5.75 Å². The van der Waals surface area contributed by atoms with Gasteiger partial charge in [-0.1, -0.05) is 20.8 Å². The third-order valence-corrected chi connectivity index (χ3v) is 4.44. The zero-order valence-electron chi connectivity index (χ0n) is 8.87. The van der Waals surface area contributed by atoms with Gasteiger partial charge in [0.2, 0.25) is 10.0 Å². The van der Waals surface area contributed by atoms with E-state index in [4.69, 9.17) is 0 Å². The zero-order valence-corrected chi connectivity index (χ0v) is 9.69. The lowest BCUT2D eigenvalue weighted by atomic mass is 9.87. The highest BCUT2D eigenvalue weighted by atomic mass is 32.2. The van der Waals surface area contributed by atoms with Gasteiger partial charge in [0.1, 0.15) is 0 Å². The van der Waals surface area contributed by atoms with Crippen LogP contribution in [0.1, 0.15) is 33.6 Å². The molecule has 1 rings (SSSR count). The molecule has 4 heteroatoms. The van der Waals surface area contributed by atoms with Gasteiger partial charge in [-0.3, -0.25) is 0 Å². The molecule has 0 radical (unpaired) electrons. The summed E-state index contributed by atoms with van der Waals surface area (Å²) in [5, 5.41) is 0. The Morgan fingerprint density at radius 2 is 1.92 bits per heavy atom. The van der Waals surface area contributed by atoms with Gasteiger partial charge in [0.05, 0.1) is 5.75 Å². The molecule has 13 heavy (non-hydrogen) atoms. The van der Waals surface area contributed by atoms with Crippen LogP contribution in [-0.2, 0) is 10.0 Å². The predicted molar refractivity (Wildman–Crippen MR) is 54.0 cm³/mol. The number of nitrogens with zero attached hydrogens (tertiary/aromatic N) is 1. The first-order valence-corrected chi connectivity index (χ1v) is 6.29. The summed E-state index contributed by atoms with van der Waals surface area (Å²) in [7, 11) is -1.22. The predicted octanol–water partition coefficient (Wildman–Crippen LogP) is 1.46. The van der Waals surface area contributed by atoms with E-state index in [1.807, 2.05) is 0 Å². The molecule has 1 atom stereocenters. The lowest BCUT2D eigenvalue weighted by Gasteiger charge is -2.26. The van der Waals surface area contributed by atoms with E-state index in [1.54, 1.807) is 7.05 Å². The Balaban J connectivity index is 2.67. The third-order valence-electron chi connectivity index (χ3n) is 2.51. The maximum atomic E-state index is 11.4. The van der Waals surface area contributed by atoms with Crippen LogP contribution in [0.15, 0.2) is 0 Å². The first-order chi connectivity index (χ1) is 5.72. The van der Waals surface area contributed by atoms with Crippen LogP contribution in [0.5, 0.6) is 0 Å². The van der Waals surface area contributed by atoms with Crippen LogP contribution >= 0.6 is 0 Å². The summed E-state index contributed by atoms with van der Waals surface area (Å²) >= 11 is 0. The molecule has 0 aromatic carbocycles. The van der Waals surface area contributed by atoms with Gasteiger partial charge in [-0.25, -0.2) is 12.7 Å². The fourth-order valence-electron chi connectivity index (χ4n) is 1.78. The van der Waals surface area contributed by atoms with Gasteiger partial charge in [-0.05, 0) is 18.3 Å². The van der Waals surface area contributed by atoms with Crippen molar-refractivity contribution in [1.29, 1.82) is 0 Å². The van der Waals surface area contributed by atoms with Crippen LogP contribution in [0.3, 0.4) is 0 Å². The SMILES string of the molecule is CN1C(CC(C)(C)C)CCS1(=O)=O. The van der Waals surface area contributed by atoms with E-state index in [9.17, 15) is 8.42 Å². The molecule has 1 fully saturated rings. The molecule has 1 aliphatic rings. The second-order valence-corrected chi connectivity index (χ2v) is 7.19. The minimum absolute atomic E-state index is 0.207. The Hall–Kier alpha value is -0.0900. The Morgan fingerprint density at radius 1 is 1.38 bits per heavy atom. The fraction of sp³-hybridized carbons (Fsp3) is 1.00. The summed E-state index contributed by atoms with van der Waals surface area (Å²) < 4.78 is 24.3. The summed E-state index contributed by atoms with van der Waals surface area (Å²) in [5.74, 6) is 0.324. The average molecular weight is 205 g/mol. The molecule has 1 unspecified atom stereocenters. The summed E-state index contributed by atoms with van der Waals surface area (Å²) in [5.41, 5.74) is 0.207. The number of hydrogen-bond acceptors (Lipinski definition) is 2. The molecule has 0 spiro atoms. The average Bonchev–Trinajstić information content (AvgIpc) is 2.13. The molecule has 78 valence electrons. The second kappa shape index (κ2) is 3.24. The van der Waals surface area contributed by atoms with Crippen molar-refractivity contribution >= 4 is 10.0 Å². The van der Waals surface area contributed by atoms with E-state index in [2.05, 4.69) is 20.8 Å². The van der Waals surface area contributed by atoms with E-state index in [0.717, 1.165) is 12.8 Å². The summed E-state index contributed by atoms with van der Waals surface area (Å²) in [6, 6.07) is 0.213. The van der Waals surface area contributed by atoms with Crippen molar-refractivity contribution in [3.63, 3.8) is 0 Å². The van der Waals surface area contributed by atoms with Crippen molar-refractivity contribution in [2.75, 3.05) is 12.8 Å². The molecule has 0 amide bonds. The molecule has 1 heterocycles. The lowest BCUT2D eigenvalue weighted by Crippen LogP contribution is -2.32. The molecule has 1 aliphatic heterocycles. The van der Waals surface area contributed by atoms with Crippen molar-refractivity contribution < 1.29 is 8.42 Å². The standard InChI is InChI=1S/C9H19NO2S/c1-9(2,3)7-8-5-6-13(11,12)10(8)4/h8H,5-7H2,1-4H3. The Bertz CT molecular complexity index is 276. The highest BCUT2D eigenvalue weighted by Gasteiger charge is 2.35. The molecule has 0 aromatic rings. The van der Waals surface area contributed by atoms with Crippen molar-refractivity contribution in [2.24, 2.45) is 5.41 Å². The summed E-state index contributed by atoms with van der Waals surface area (Å²) in [6.45, 7) is 6.43. The molecular weight excluding hydrogens is 186 g/mol. The quantitative estimate of drug-likeness (QED) is 0.650. The molecule has 1 saturated heterocycles. The minimum atomic E-state index is -2.91. The maximum Gasteiger partial charge on any atom is 0.214 e. The molecular formula is C9H19NO2S. The summed E-state index contributed by atoms with van der Waals surface area (Å²) in [6.07, 6.45) is 1.73. The van der Waals surface area contributed by atoms with Crippen LogP contribution in [-0.4, -0.2) is 31.6 Å². The van der Waals surface area contributed by atoms with Gasteiger partial charge in [-0.2, -0.15) is 0 Å². The Morgan fingerprint density at radius 3 is 2.23 bits per heavy atom. The van der Waals surface area contributed by atoms with Gasteiger partial charge in [0.15, 0.2) is 0 Å². The van der Waals surface area contributed by atoms with E-state index < -0.39 is 10.0 Å². The normalized spacial score (nSPS) is 29.4. The molecule has 0 N–H and O–H groups in total. The first-order valence-electron chi connectivity index (χ1n) is 4.68. The molecule has 0 bridgehead atoms. The zero-order chi connectivity index (χ0) is 10.3. The molecule has 0 aromatic heterocycles. The summed E-state index contributed by atoms with van der Waals surface area (Å²) in [4.78, 5) is 0. The highest BCUT2D eigenvalue weighted by molar-refractivity contribution is 7.89. The second-order valence-electron chi connectivity index (χ2n) is 5.04. The van der Waals surface area contributed by atoms with Crippen LogP contribution in [0.4, 0.5) is 0 Å². The van der Waals surface area contributed by atoms with Crippen molar-refractivity contribution in [2.45, 2.75) is 39.7 Å². The number of hydrogen-bond donors (Lipinski definition) is 0. The fourth-order valence-corrected chi connectivity index (χ4v) is 3.27. The van der Waals surface area contributed by atoms with Crippen LogP contribution < -0.4 is 0 Å².